The molecule has 0 unspecified atom stereocenters. The number of hydrogen-bond donors (Lipinski definition) is 0. The van der Waals surface area contributed by atoms with E-state index in [2.05, 4.69) is 0 Å². The van der Waals surface area contributed by atoms with Crippen LogP contribution >= 0.6 is 0 Å². The van der Waals surface area contributed by atoms with Crippen molar-refractivity contribution in [2.45, 2.75) is 0 Å². The Kier molecular flexibility index (Phi) is 5.75. The predicted octanol–water partition coefficient (Wildman–Crippen LogP) is 2.33. The largest absolute Gasteiger partial charge is 0.497 e. The van der Waals surface area contributed by atoms with Gasteiger partial charge in [0.1, 0.15) is 17.2 Å². The molecule has 1 amide bonds. The summed E-state index contributed by atoms with van der Waals surface area (Å²) < 4.78 is 10.6. The number of benzene rings is 2. The van der Waals surface area contributed by atoms with E-state index in [1.807, 2.05) is 4.90 Å². The Hall–Kier alpha value is -3.29. The molecule has 8 nitrogen and oxygen atoms in total. The summed E-state index contributed by atoms with van der Waals surface area (Å²) in [5, 5.41) is 11.2. The molecule has 8 heteroatoms. The van der Waals surface area contributed by atoms with E-state index in [4.69, 9.17) is 9.47 Å². The van der Waals surface area contributed by atoms with Crippen LogP contribution in [0.1, 0.15) is 0 Å². The number of hydrogen-bond acceptors (Lipinski definition) is 6. The van der Waals surface area contributed by atoms with E-state index in [1.54, 1.807) is 54.5 Å². The van der Waals surface area contributed by atoms with E-state index in [9.17, 15) is 14.9 Å². The van der Waals surface area contributed by atoms with Gasteiger partial charge in [-0.1, -0.05) is 12.1 Å². The first-order valence-electron chi connectivity index (χ1n) is 8.61. The molecule has 1 saturated heterocycles. The molecule has 1 aliphatic heterocycles. The molecule has 0 N–H and O–H groups in total. The van der Waals surface area contributed by atoms with Crippen molar-refractivity contribution in [3.8, 4) is 11.5 Å². The lowest BCUT2D eigenvalue weighted by atomic mass is 10.2. The molecule has 1 heterocycles. The lowest BCUT2D eigenvalue weighted by molar-refractivity contribution is -0.384. The third kappa shape index (κ3) is 4.46. The van der Waals surface area contributed by atoms with Crippen LogP contribution in [-0.4, -0.2) is 55.6 Å². The van der Waals surface area contributed by atoms with Crippen molar-refractivity contribution >= 4 is 17.3 Å². The molecule has 1 fully saturated rings. The summed E-state index contributed by atoms with van der Waals surface area (Å²) in [6.07, 6.45) is 0. The molecule has 0 bridgehead atoms. The molecule has 0 aliphatic carbocycles. The maximum Gasteiger partial charge on any atom is 0.292 e. The smallest absolute Gasteiger partial charge is 0.292 e. The molecule has 2 aromatic rings. The molecule has 27 heavy (non-hydrogen) atoms. The van der Waals surface area contributed by atoms with E-state index >= 15 is 0 Å². The number of carbonyl (C=O) groups excluding carboxylic acids is 1. The molecular weight excluding hydrogens is 350 g/mol. The van der Waals surface area contributed by atoms with Gasteiger partial charge < -0.3 is 19.3 Å². The van der Waals surface area contributed by atoms with Gasteiger partial charge in [0.15, 0.2) is 6.61 Å². The monoisotopic (exact) mass is 371 g/mol. The number of para-hydroxylation sites is 2. The van der Waals surface area contributed by atoms with Gasteiger partial charge in [-0.25, -0.2) is 0 Å². The second kappa shape index (κ2) is 8.39. The minimum absolute atomic E-state index is 0.0438. The zero-order valence-corrected chi connectivity index (χ0v) is 15.0. The van der Waals surface area contributed by atoms with Crippen molar-refractivity contribution in [3.05, 3.63) is 58.6 Å². The van der Waals surface area contributed by atoms with Gasteiger partial charge in [0.05, 0.1) is 12.0 Å². The topological polar surface area (TPSA) is 85.2 Å². The highest BCUT2D eigenvalue weighted by atomic mass is 16.6. The number of rotatable bonds is 6. The third-order valence-corrected chi connectivity index (χ3v) is 4.47. The summed E-state index contributed by atoms with van der Waals surface area (Å²) in [6, 6.07) is 13.7. The second-order valence-electron chi connectivity index (χ2n) is 6.08. The Labute approximate surface area is 157 Å². The average molecular weight is 371 g/mol. The lowest BCUT2D eigenvalue weighted by Gasteiger charge is -2.35. The Morgan fingerprint density at radius 3 is 2.30 bits per heavy atom. The Morgan fingerprint density at radius 2 is 1.67 bits per heavy atom. The number of carbonyl (C=O) groups is 1. The van der Waals surface area contributed by atoms with Crippen molar-refractivity contribution in [2.75, 3.05) is 44.8 Å². The zero-order valence-electron chi connectivity index (χ0n) is 15.0. The molecule has 3 rings (SSSR count). The molecule has 1 aliphatic rings. The van der Waals surface area contributed by atoms with Crippen molar-refractivity contribution in [1.82, 2.24) is 4.90 Å². The molecule has 0 atom stereocenters. The third-order valence-electron chi connectivity index (χ3n) is 4.47. The van der Waals surface area contributed by atoms with Crippen LogP contribution in [-0.2, 0) is 4.79 Å². The number of piperazine rings is 1. The summed E-state index contributed by atoms with van der Waals surface area (Å²) in [5.74, 6) is 1.22. The molecule has 2 aromatic carbocycles. The van der Waals surface area contributed by atoms with E-state index in [0.29, 0.717) is 37.6 Å². The first-order chi connectivity index (χ1) is 13.1. The number of nitro benzene ring substituents is 1. The zero-order chi connectivity index (χ0) is 19.2. The van der Waals surface area contributed by atoms with Crippen LogP contribution in [0.2, 0.25) is 0 Å². The van der Waals surface area contributed by atoms with Crippen molar-refractivity contribution in [3.63, 3.8) is 0 Å². The van der Waals surface area contributed by atoms with Crippen LogP contribution in [0.4, 0.5) is 11.4 Å². The number of nitro groups is 1. The SMILES string of the molecule is COc1ccc(OCC(=O)N2CCN(c3ccccc3[N+](=O)[O-])CC2)cc1. The predicted molar refractivity (Wildman–Crippen MR) is 100 cm³/mol. The van der Waals surface area contributed by atoms with Crippen molar-refractivity contribution in [2.24, 2.45) is 0 Å². The summed E-state index contributed by atoms with van der Waals surface area (Å²) in [4.78, 5) is 26.8. The fourth-order valence-corrected chi connectivity index (χ4v) is 2.99. The van der Waals surface area contributed by atoms with Crippen molar-refractivity contribution in [1.29, 1.82) is 0 Å². The highest BCUT2D eigenvalue weighted by Crippen LogP contribution is 2.28. The normalized spacial score (nSPS) is 14.0. The minimum Gasteiger partial charge on any atom is -0.497 e. The molecule has 0 aromatic heterocycles. The van der Waals surface area contributed by atoms with E-state index < -0.39 is 0 Å². The Balaban J connectivity index is 1.52. The second-order valence-corrected chi connectivity index (χ2v) is 6.08. The highest BCUT2D eigenvalue weighted by molar-refractivity contribution is 5.78. The van der Waals surface area contributed by atoms with Crippen LogP contribution in [0.5, 0.6) is 11.5 Å². The van der Waals surface area contributed by atoms with E-state index in [0.717, 1.165) is 5.75 Å². The number of ether oxygens (including phenoxy) is 2. The fraction of sp³-hybridized carbons (Fsp3) is 0.316. The van der Waals surface area contributed by atoms with Gasteiger partial charge in [-0.3, -0.25) is 14.9 Å². The summed E-state index contributed by atoms with van der Waals surface area (Å²) in [6.45, 7) is 2.03. The minimum atomic E-state index is -0.379. The number of anilines is 1. The Morgan fingerprint density at radius 1 is 1.04 bits per heavy atom. The quantitative estimate of drug-likeness (QED) is 0.572. The Bertz CT molecular complexity index is 801. The highest BCUT2D eigenvalue weighted by Gasteiger charge is 2.25. The van der Waals surface area contributed by atoms with Gasteiger partial charge in [0, 0.05) is 32.2 Å². The van der Waals surface area contributed by atoms with Gasteiger partial charge in [0.25, 0.3) is 11.6 Å². The maximum absolute atomic E-state index is 12.4. The number of nitrogens with zero attached hydrogens (tertiary/aromatic N) is 3. The fourth-order valence-electron chi connectivity index (χ4n) is 2.99. The molecule has 0 spiro atoms. The molecule has 142 valence electrons. The number of amides is 1. The van der Waals surface area contributed by atoms with Crippen LogP contribution < -0.4 is 14.4 Å². The van der Waals surface area contributed by atoms with E-state index in [1.165, 1.54) is 6.07 Å². The van der Waals surface area contributed by atoms with Crippen LogP contribution in [0.25, 0.3) is 0 Å². The van der Waals surface area contributed by atoms with Crippen molar-refractivity contribution < 1.29 is 19.2 Å². The summed E-state index contributed by atoms with van der Waals surface area (Å²) >= 11 is 0. The van der Waals surface area contributed by atoms with Gasteiger partial charge in [0.2, 0.25) is 0 Å². The number of methoxy groups -OCH3 is 1. The maximum atomic E-state index is 12.4. The summed E-state index contributed by atoms with van der Waals surface area (Å²) in [7, 11) is 1.59. The first-order valence-corrected chi connectivity index (χ1v) is 8.61. The first kappa shape index (κ1) is 18.5. The van der Waals surface area contributed by atoms with Crippen LogP contribution in [0.15, 0.2) is 48.5 Å². The van der Waals surface area contributed by atoms with Crippen LogP contribution in [0, 0.1) is 10.1 Å². The molecular formula is C19H21N3O5. The van der Waals surface area contributed by atoms with E-state index in [-0.39, 0.29) is 23.1 Å². The van der Waals surface area contributed by atoms with Gasteiger partial charge >= 0.3 is 0 Å². The summed E-state index contributed by atoms with van der Waals surface area (Å²) in [5.41, 5.74) is 0.671. The molecule has 0 saturated carbocycles. The average Bonchev–Trinajstić information content (AvgIpc) is 2.72. The molecule has 0 radical (unpaired) electrons. The van der Waals surface area contributed by atoms with Crippen LogP contribution in [0.3, 0.4) is 0 Å². The van der Waals surface area contributed by atoms with Gasteiger partial charge in [-0.15, -0.1) is 0 Å². The van der Waals surface area contributed by atoms with Gasteiger partial charge in [-0.2, -0.15) is 0 Å². The lowest BCUT2D eigenvalue weighted by Crippen LogP contribution is -2.50. The standard InChI is InChI=1S/C19H21N3O5/c1-26-15-6-8-16(9-7-15)27-14-19(23)21-12-10-20(11-13-21)17-4-2-3-5-18(17)22(24)25/h2-9H,10-14H2,1H3. The van der Waals surface area contributed by atoms with Gasteiger partial charge in [-0.05, 0) is 30.3 Å².